The lowest BCUT2D eigenvalue weighted by molar-refractivity contribution is 0.0930. The summed E-state index contributed by atoms with van der Waals surface area (Å²) in [5.74, 6) is 0.267. The van der Waals surface area contributed by atoms with Crippen LogP contribution < -0.4 is 10.2 Å². The predicted molar refractivity (Wildman–Crippen MR) is 108 cm³/mol. The molecule has 3 rings (SSSR count). The van der Waals surface area contributed by atoms with Gasteiger partial charge in [0.15, 0.2) is 0 Å². The Morgan fingerprint density at radius 3 is 2.52 bits per heavy atom. The van der Waals surface area contributed by atoms with E-state index in [2.05, 4.69) is 9.71 Å². The van der Waals surface area contributed by atoms with Gasteiger partial charge in [0.25, 0.3) is 15.9 Å². The van der Waals surface area contributed by atoms with Gasteiger partial charge in [-0.3, -0.25) is 4.79 Å². The third-order valence-electron chi connectivity index (χ3n) is 5.32. The number of hydrogen-bond acceptors (Lipinski definition) is 4. The summed E-state index contributed by atoms with van der Waals surface area (Å²) in [7, 11) is -3.78. The molecule has 1 aromatic rings. The van der Waals surface area contributed by atoms with Crippen molar-refractivity contribution in [2.45, 2.75) is 76.2 Å². The van der Waals surface area contributed by atoms with Crippen LogP contribution in [0.25, 0.3) is 0 Å². The average molecular weight is 392 g/mol. The molecule has 1 fully saturated rings. The first-order chi connectivity index (χ1) is 12.9. The number of carbonyl (C=O) groups is 1. The van der Waals surface area contributed by atoms with Crippen molar-refractivity contribution in [2.24, 2.45) is 4.40 Å². The molecule has 148 valence electrons. The maximum atomic E-state index is 12.7. The Balaban J connectivity index is 1.84. The quantitative estimate of drug-likeness (QED) is 0.845. The van der Waals surface area contributed by atoms with Crippen molar-refractivity contribution >= 4 is 27.5 Å². The summed E-state index contributed by atoms with van der Waals surface area (Å²) >= 11 is 0. The summed E-state index contributed by atoms with van der Waals surface area (Å²) in [6.07, 6.45) is 8.81. The Labute approximate surface area is 162 Å². The van der Waals surface area contributed by atoms with E-state index in [1.165, 1.54) is 25.3 Å². The van der Waals surface area contributed by atoms with Gasteiger partial charge in [-0.25, -0.2) is 0 Å². The minimum Gasteiger partial charge on any atom is -0.349 e. The molecule has 0 radical (unpaired) electrons. The predicted octanol–water partition coefficient (Wildman–Crippen LogP) is 3.87. The van der Waals surface area contributed by atoms with E-state index < -0.39 is 10.0 Å². The third kappa shape index (κ3) is 4.51. The summed E-state index contributed by atoms with van der Waals surface area (Å²) < 4.78 is 28.9. The van der Waals surface area contributed by atoms with Gasteiger partial charge < -0.3 is 10.2 Å². The Morgan fingerprint density at radius 2 is 1.85 bits per heavy atom. The lowest BCUT2D eigenvalue weighted by Crippen LogP contribution is -2.36. The van der Waals surface area contributed by atoms with Crippen LogP contribution in [0.2, 0.25) is 0 Å². The number of rotatable bonds is 4. The number of nitrogens with one attached hydrogen (secondary N) is 1. The molecule has 0 bridgehead atoms. The van der Waals surface area contributed by atoms with Gasteiger partial charge in [0.1, 0.15) is 10.7 Å². The first kappa shape index (κ1) is 19.9. The summed E-state index contributed by atoms with van der Waals surface area (Å²) in [5.41, 5.74) is 0.984. The monoisotopic (exact) mass is 391 g/mol. The summed E-state index contributed by atoms with van der Waals surface area (Å²) in [6.45, 7) is 4.42. The van der Waals surface area contributed by atoms with Crippen LogP contribution in [-0.2, 0) is 10.0 Å². The van der Waals surface area contributed by atoms with Crippen molar-refractivity contribution in [3.63, 3.8) is 0 Å². The fraction of sp³-hybridized carbons (Fsp3) is 0.600. The largest absolute Gasteiger partial charge is 0.349 e. The lowest BCUT2D eigenvalue weighted by Gasteiger charge is -2.29. The summed E-state index contributed by atoms with van der Waals surface area (Å²) in [4.78, 5) is 14.7. The Hall–Kier alpha value is -1.89. The number of sulfonamides is 1. The van der Waals surface area contributed by atoms with Gasteiger partial charge in [-0.05, 0) is 44.4 Å². The minimum atomic E-state index is -3.78. The highest BCUT2D eigenvalue weighted by Gasteiger charge is 2.29. The molecule has 2 aliphatic rings. The fourth-order valence-electron chi connectivity index (χ4n) is 3.91. The summed E-state index contributed by atoms with van der Waals surface area (Å²) in [5, 5.41) is 3.10. The molecule has 1 aliphatic heterocycles. The maximum absolute atomic E-state index is 12.7. The van der Waals surface area contributed by atoms with Crippen LogP contribution in [0.3, 0.4) is 0 Å². The van der Waals surface area contributed by atoms with Gasteiger partial charge in [0.2, 0.25) is 0 Å². The average Bonchev–Trinajstić information content (AvgIpc) is 2.60. The van der Waals surface area contributed by atoms with Crippen LogP contribution >= 0.6 is 0 Å². The molecule has 6 nitrogen and oxygen atoms in total. The number of fused-ring (bicyclic) bond motifs is 1. The molecule has 7 heteroatoms. The van der Waals surface area contributed by atoms with Crippen molar-refractivity contribution < 1.29 is 13.2 Å². The van der Waals surface area contributed by atoms with Crippen LogP contribution in [0.5, 0.6) is 0 Å². The number of amides is 1. The SMILES string of the molecule is CCCN1C(C)=NS(=O)(=O)c2cc(C(=O)NC3CCCCCCC3)ccc21. The molecule has 1 saturated carbocycles. The van der Waals surface area contributed by atoms with Gasteiger partial charge in [0.05, 0.1) is 5.69 Å². The highest BCUT2D eigenvalue weighted by Crippen LogP contribution is 2.32. The number of carbonyl (C=O) groups excluding carboxylic acids is 1. The molecule has 0 saturated heterocycles. The summed E-state index contributed by atoms with van der Waals surface area (Å²) in [6, 6.07) is 5.09. The molecule has 1 aromatic carbocycles. The van der Waals surface area contributed by atoms with E-state index in [0.717, 1.165) is 32.1 Å². The first-order valence-corrected chi connectivity index (χ1v) is 11.4. The zero-order valence-corrected chi connectivity index (χ0v) is 17.0. The Bertz CT molecular complexity index is 825. The second-order valence-corrected chi connectivity index (χ2v) is 9.04. The second kappa shape index (κ2) is 8.42. The van der Waals surface area contributed by atoms with E-state index in [1.807, 2.05) is 11.8 Å². The van der Waals surface area contributed by atoms with Crippen molar-refractivity contribution in [2.75, 3.05) is 11.4 Å². The normalized spacial score (nSPS) is 20.2. The van der Waals surface area contributed by atoms with Gasteiger partial charge in [-0.15, -0.1) is 4.40 Å². The zero-order chi connectivity index (χ0) is 19.4. The molecule has 0 aromatic heterocycles. The van der Waals surface area contributed by atoms with Crippen molar-refractivity contribution in [1.29, 1.82) is 0 Å². The number of benzene rings is 1. The molecule has 27 heavy (non-hydrogen) atoms. The minimum absolute atomic E-state index is 0.117. The molecule has 1 amide bonds. The fourth-order valence-corrected chi connectivity index (χ4v) is 5.17. The molecule has 0 spiro atoms. The number of nitrogens with zero attached hydrogens (tertiary/aromatic N) is 2. The standard InChI is InChI=1S/C20H29N3O3S/c1-3-13-23-15(2)22-27(25,26)19-14-16(11-12-18(19)23)20(24)21-17-9-7-5-4-6-8-10-17/h11-12,14,17H,3-10,13H2,1-2H3,(H,21,24). The highest BCUT2D eigenvalue weighted by atomic mass is 32.2. The van der Waals surface area contributed by atoms with E-state index >= 15 is 0 Å². The van der Waals surface area contributed by atoms with Crippen LogP contribution in [0.1, 0.15) is 75.6 Å². The van der Waals surface area contributed by atoms with Crippen molar-refractivity contribution in [3.8, 4) is 0 Å². The first-order valence-electron chi connectivity index (χ1n) is 9.96. The smallest absolute Gasteiger partial charge is 0.286 e. The molecule has 0 unspecified atom stereocenters. The molecular formula is C20H29N3O3S. The van der Waals surface area contributed by atoms with Gasteiger partial charge in [-0.2, -0.15) is 8.42 Å². The number of hydrogen-bond donors (Lipinski definition) is 1. The Morgan fingerprint density at radius 1 is 1.19 bits per heavy atom. The van der Waals surface area contributed by atoms with E-state index in [0.29, 0.717) is 23.6 Å². The van der Waals surface area contributed by atoms with Crippen LogP contribution in [0.4, 0.5) is 5.69 Å². The van der Waals surface area contributed by atoms with E-state index in [-0.39, 0.29) is 16.8 Å². The number of amidine groups is 1. The zero-order valence-electron chi connectivity index (χ0n) is 16.2. The van der Waals surface area contributed by atoms with Gasteiger partial charge in [0, 0.05) is 18.2 Å². The topological polar surface area (TPSA) is 78.8 Å². The molecule has 0 atom stereocenters. The molecule has 1 aliphatic carbocycles. The molecular weight excluding hydrogens is 362 g/mol. The van der Waals surface area contributed by atoms with Crippen LogP contribution in [0.15, 0.2) is 27.5 Å². The molecule has 1 heterocycles. The molecule has 1 N–H and O–H groups in total. The third-order valence-corrected chi connectivity index (χ3v) is 6.71. The maximum Gasteiger partial charge on any atom is 0.286 e. The van der Waals surface area contributed by atoms with E-state index in [1.54, 1.807) is 19.1 Å². The van der Waals surface area contributed by atoms with Crippen LogP contribution in [-0.4, -0.2) is 32.7 Å². The van der Waals surface area contributed by atoms with E-state index in [4.69, 9.17) is 0 Å². The van der Waals surface area contributed by atoms with Gasteiger partial charge in [-0.1, -0.05) is 39.0 Å². The van der Waals surface area contributed by atoms with Crippen molar-refractivity contribution in [1.82, 2.24) is 5.32 Å². The lowest BCUT2D eigenvalue weighted by atomic mass is 9.96. The van der Waals surface area contributed by atoms with Crippen molar-refractivity contribution in [3.05, 3.63) is 23.8 Å². The highest BCUT2D eigenvalue weighted by molar-refractivity contribution is 7.90. The second-order valence-electron chi connectivity index (χ2n) is 7.46. The number of anilines is 1. The van der Waals surface area contributed by atoms with Crippen LogP contribution in [0, 0.1) is 0 Å². The van der Waals surface area contributed by atoms with E-state index in [9.17, 15) is 13.2 Å². The Kier molecular flexibility index (Phi) is 6.19. The van der Waals surface area contributed by atoms with Gasteiger partial charge >= 0.3 is 0 Å².